The highest BCUT2D eigenvalue weighted by molar-refractivity contribution is 5.89. The Morgan fingerprint density at radius 3 is 2.48 bits per heavy atom. The van der Waals surface area contributed by atoms with E-state index in [-0.39, 0.29) is 5.57 Å². The molecule has 1 saturated carbocycles. The fraction of sp³-hybridized carbons (Fsp3) is 0.308. The highest BCUT2D eigenvalue weighted by atomic mass is 16.5. The van der Waals surface area contributed by atoms with E-state index < -0.39 is 5.97 Å². The predicted octanol–water partition coefficient (Wildman–Crippen LogP) is 4.65. The molecule has 1 aliphatic carbocycles. The normalized spacial score (nSPS) is 15.1. The summed E-state index contributed by atoms with van der Waals surface area (Å²) in [5.74, 6) is 0.0567. The number of ether oxygens (including phenoxy) is 1. The molecule has 0 atom stereocenters. The summed E-state index contributed by atoms with van der Waals surface area (Å²) < 4.78 is 7.85. The molecule has 0 unspecified atom stereocenters. The minimum absolute atomic E-state index is 0.171. The van der Waals surface area contributed by atoms with Gasteiger partial charge in [0.15, 0.2) is 0 Å². The van der Waals surface area contributed by atoms with Crippen molar-refractivity contribution >= 4 is 12.0 Å². The number of hydrogen-bond donors (Lipinski definition) is 0. The van der Waals surface area contributed by atoms with Crippen LogP contribution in [0.1, 0.15) is 61.9 Å². The van der Waals surface area contributed by atoms with Gasteiger partial charge in [-0.25, -0.2) is 4.68 Å². The van der Waals surface area contributed by atoms with E-state index in [1.165, 1.54) is 26.2 Å². The quantitative estimate of drug-likeness (QED) is 0.527. The zero-order valence-corrected chi connectivity index (χ0v) is 17.8. The molecule has 0 radical (unpaired) electrons. The highest BCUT2D eigenvalue weighted by Gasteiger charge is 2.21. The molecule has 0 N–H and O–H groups in total. The number of carboxylic acid groups (broad SMARTS) is 1. The van der Waals surface area contributed by atoms with E-state index in [0.717, 1.165) is 35.5 Å². The Morgan fingerprint density at radius 2 is 1.81 bits per heavy atom. The first-order valence-corrected chi connectivity index (χ1v) is 10.9. The first-order chi connectivity index (χ1) is 15.1. The molecular weight excluding hydrogens is 388 g/mol. The Bertz CT molecular complexity index is 1050. The van der Waals surface area contributed by atoms with Gasteiger partial charge in [-0.05, 0) is 67.3 Å². The van der Waals surface area contributed by atoms with Gasteiger partial charge in [-0.15, -0.1) is 0 Å². The monoisotopic (exact) mass is 415 g/mol. The van der Waals surface area contributed by atoms with E-state index in [2.05, 4.69) is 0 Å². The topological polar surface area (TPSA) is 67.2 Å². The van der Waals surface area contributed by atoms with Gasteiger partial charge in [0.25, 0.3) is 0 Å². The summed E-state index contributed by atoms with van der Waals surface area (Å²) >= 11 is 0. The molecule has 31 heavy (non-hydrogen) atoms. The van der Waals surface area contributed by atoms with Gasteiger partial charge >= 0.3 is 0 Å². The molecule has 5 heteroatoms. The smallest absolute Gasteiger partial charge is 0.119 e. The van der Waals surface area contributed by atoms with Gasteiger partial charge in [0.1, 0.15) is 12.4 Å². The summed E-state index contributed by atoms with van der Waals surface area (Å²) in [6.07, 6.45) is 7.54. The van der Waals surface area contributed by atoms with Crippen LogP contribution in [0.2, 0.25) is 0 Å². The minimum atomic E-state index is -1.17. The molecule has 1 fully saturated rings. The summed E-state index contributed by atoms with van der Waals surface area (Å²) in [6, 6.07) is 20.0. The highest BCUT2D eigenvalue weighted by Crippen LogP contribution is 2.34. The van der Waals surface area contributed by atoms with Gasteiger partial charge < -0.3 is 14.6 Å². The van der Waals surface area contributed by atoms with Gasteiger partial charge in [0.2, 0.25) is 0 Å². The van der Waals surface area contributed by atoms with Crippen molar-refractivity contribution < 1.29 is 14.6 Å². The maximum absolute atomic E-state index is 11.1. The van der Waals surface area contributed by atoms with Gasteiger partial charge in [-0.3, -0.25) is 0 Å². The van der Waals surface area contributed by atoms with E-state index in [1.54, 1.807) is 6.08 Å². The first-order valence-electron chi connectivity index (χ1n) is 10.9. The number of carboxylic acids is 1. The third kappa shape index (κ3) is 5.23. The maximum atomic E-state index is 11.1. The van der Waals surface area contributed by atoms with Gasteiger partial charge in [-0.1, -0.05) is 49.6 Å². The molecule has 4 rings (SSSR count). The SMILES string of the molecule is C/C(=C\c1cc(C2CCCCC2)n(-c2ccc(OCc3ccccc3)cc2)n1)C(=O)[O-]. The lowest BCUT2D eigenvalue weighted by Crippen LogP contribution is -2.22. The van der Waals surface area contributed by atoms with Crippen LogP contribution in [0.25, 0.3) is 11.8 Å². The fourth-order valence-corrected chi connectivity index (χ4v) is 4.09. The van der Waals surface area contributed by atoms with Gasteiger partial charge in [0, 0.05) is 11.6 Å². The van der Waals surface area contributed by atoms with Crippen molar-refractivity contribution in [3.05, 3.63) is 83.2 Å². The molecule has 0 amide bonds. The summed E-state index contributed by atoms with van der Waals surface area (Å²) in [5.41, 5.74) is 4.02. The van der Waals surface area contributed by atoms with Crippen LogP contribution in [0, 0.1) is 0 Å². The lowest BCUT2D eigenvalue weighted by molar-refractivity contribution is -0.299. The zero-order chi connectivity index (χ0) is 21.6. The number of carbonyl (C=O) groups is 1. The average Bonchev–Trinajstić information content (AvgIpc) is 3.23. The van der Waals surface area contributed by atoms with E-state index >= 15 is 0 Å². The molecular formula is C26H27N2O3-. The number of hydrogen-bond acceptors (Lipinski definition) is 4. The van der Waals surface area contributed by atoms with Gasteiger partial charge in [0.05, 0.1) is 17.4 Å². The number of aliphatic carboxylic acids is 1. The van der Waals surface area contributed by atoms with Gasteiger partial charge in [-0.2, -0.15) is 5.10 Å². The maximum Gasteiger partial charge on any atom is 0.119 e. The number of benzene rings is 2. The average molecular weight is 416 g/mol. The third-order valence-electron chi connectivity index (χ3n) is 5.80. The van der Waals surface area contributed by atoms with Crippen LogP contribution < -0.4 is 9.84 Å². The Morgan fingerprint density at radius 1 is 1.10 bits per heavy atom. The van der Waals surface area contributed by atoms with Crippen molar-refractivity contribution in [3.63, 3.8) is 0 Å². The lowest BCUT2D eigenvalue weighted by atomic mass is 9.86. The Kier molecular flexibility index (Phi) is 6.51. The number of aromatic nitrogens is 2. The van der Waals surface area contributed by atoms with Crippen molar-refractivity contribution in [1.82, 2.24) is 9.78 Å². The Hall–Kier alpha value is -3.34. The second-order valence-electron chi connectivity index (χ2n) is 8.12. The van der Waals surface area contributed by atoms with Crippen molar-refractivity contribution in [3.8, 4) is 11.4 Å². The molecule has 5 nitrogen and oxygen atoms in total. The Labute approximate surface area is 183 Å². The molecule has 3 aromatic rings. The van der Waals surface area contributed by atoms with Crippen LogP contribution in [0.3, 0.4) is 0 Å². The molecule has 1 aromatic heterocycles. The van der Waals surface area contributed by atoms with E-state index in [1.807, 2.05) is 65.3 Å². The summed E-state index contributed by atoms with van der Waals surface area (Å²) in [4.78, 5) is 11.1. The molecule has 1 aliphatic rings. The van der Waals surface area contributed by atoms with E-state index in [9.17, 15) is 9.90 Å². The van der Waals surface area contributed by atoms with Crippen molar-refractivity contribution in [2.75, 3.05) is 0 Å². The van der Waals surface area contributed by atoms with Crippen LogP contribution in [0.4, 0.5) is 0 Å². The lowest BCUT2D eigenvalue weighted by Gasteiger charge is -2.22. The van der Waals surface area contributed by atoms with Crippen LogP contribution in [0.5, 0.6) is 5.75 Å². The fourth-order valence-electron chi connectivity index (χ4n) is 4.09. The largest absolute Gasteiger partial charge is 0.545 e. The first kappa shape index (κ1) is 20.9. The summed E-state index contributed by atoms with van der Waals surface area (Å²) in [5, 5.41) is 15.9. The number of rotatable bonds is 7. The standard InChI is InChI=1S/C26H28N2O3/c1-19(26(29)30)16-22-17-25(21-10-6-3-7-11-21)28(27-22)23-12-14-24(15-13-23)31-18-20-8-4-2-5-9-20/h2,4-5,8-9,12-17,21H,3,6-7,10-11,18H2,1H3,(H,29,30)/p-1/b19-16+. The third-order valence-corrected chi connectivity index (χ3v) is 5.80. The zero-order valence-electron chi connectivity index (χ0n) is 17.8. The van der Waals surface area contributed by atoms with Crippen LogP contribution in [0.15, 0.2) is 66.2 Å². The summed E-state index contributed by atoms with van der Waals surface area (Å²) in [7, 11) is 0. The molecule has 2 aromatic carbocycles. The predicted molar refractivity (Wildman–Crippen MR) is 119 cm³/mol. The van der Waals surface area contributed by atoms with Crippen molar-refractivity contribution in [2.45, 2.75) is 51.6 Å². The van der Waals surface area contributed by atoms with E-state index in [4.69, 9.17) is 9.84 Å². The second-order valence-corrected chi connectivity index (χ2v) is 8.12. The number of carbonyl (C=O) groups excluding carboxylic acids is 1. The molecule has 0 saturated heterocycles. The second kappa shape index (κ2) is 9.65. The molecule has 0 aliphatic heterocycles. The van der Waals surface area contributed by atoms with Crippen molar-refractivity contribution in [1.29, 1.82) is 0 Å². The molecule has 160 valence electrons. The van der Waals surface area contributed by atoms with E-state index in [0.29, 0.717) is 18.2 Å². The molecule has 0 spiro atoms. The van der Waals surface area contributed by atoms with Crippen LogP contribution >= 0.6 is 0 Å². The molecule has 1 heterocycles. The number of nitrogens with zero attached hydrogens (tertiary/aromatic N) is 2. The van der Waals surface area contributed by atoms with Crippen LogP contribution in [-0.2, 0) is 11.4 Å². The van der Waals surface area contributed by atoms with Crippen LogP contribution in [-0.4, -0.2) is 15.7 Å². The minimum Gasteiger partial charge on any atom is -0.545 e. The Balaban J connectivity index is 1.58. The summed E-state index contributed by atoms with van der Waals surface area (Å²) in [6.45, 7) is 2.06. The molecule has 0 bridgehead atoms. The van der Waals surface area contributed by atoms with Crippen molar-refractivity contribution in [2.24, 2.45) is 0 Å².